The monoisotopic (exact) mass is 259 g/mol. The number of hydrogen-bond acceptors (Lipinski definition) is 6. The maximum atomic E-state index is 11.5. The topological polar surface area (TPSA) is 111 Å². The summed E-state index contributed by atoms with van der Waals surface area (Å²) >= 11 is 0. The molecule has 7 nitrogen and oxygen atoms in total. The van der Waals surface area contributed by atoms with E-state index in [9.17, 15) is 13.2 Å². The summed E-state index contributed by atoms with van der Waals surface area (Å²) in [6, 6.07) is 3.06. The summed E-state index contributed by atoms with van der Waals surface area (Å²) in [5, 5.41) is 0. The number of ether oxygens (including phenoxy) is 1. The van der Waals surface area contributed by atoms with Crippen molar-refractivity contribution in [2.45, 2.75) is 6.92 Å². The van der Waals surface area contributed by atoms with Crippen molar-refractivity contribution >= 4 is 27.5 Å². The van der Waals surface area contributed by atoms with Crippen molar-refractivity contribution in [3.05, 3.63) is 18.3 Å². The van der Waals surface area contributed by atoms with Gasteiger partial charge in [-0.15, -0.1) is 0 Å². The molecule has 0 saturated carbocycles. The number of nitrogens with zero attached hydrogens (tertiary/aromatic N) is 1. The van der Waals surface area contributed by atoms with Crippen LogP contribution in [-0.4, -0.2) is 31.7 Å². The molecule has 0 aliphatic heterocycles. The van der Waals surface area contributed by atoms with Gasteiger partial charge in [-0.05, 0) is 19.1 Å². The number of esters is 1. The molecular weight excluding hydrogens is 246 g/mol. The quantitative estimate of drug-likeness (QED) is 0.718. The number of sulfonamides is 1. The molecule has 1 aromatic rings. The number of pyridine rings is 1. The molecule has 3 N–H and O–H groups in total. The first-order valence-corrected chi connectivity index (χ1v) is 6.46. The van der Waals surface area contributed by atoms with Gasteiger partial charge < -0.3 is 10.5 Å². The Hall–Kier alpha value is -1.83. The molecule has 0 aliphatic rings. The van der Waals surface area contributed by atoms with Crippen molar-refractivity contribution in [3.63, 3.8) is 0 Å². The van der Waals surface area contributed by atoms with Crippen LogP contribution in [0.1, 0.15) is 6.92 Å². The van der Waals surface area contributed by atoms with Crippen LogP contribution < -0.4 is 10.5 Å². The zero-order chi connectivity index (χ0) is 12.9. The van der Waals surface area contributed by atoms with E-state index in [4.69, 9.17) is 5.73 Å². The van der Waals surface area contributed by atoms with Gasteiger partial charge >= 0.3 is 5.97 Å². The van der Waals surface area contributed by atoms with Gasteiger partial charge in [0.25, 0.3) is 0 Å². The lowest BCUT2D eigenvalue weighted by Gasteiger charge is -2.08. The van der Waals surface area contributed by atoms with Gasteiger partial charge in [-0.1, -0.05) is 0 Å². The van der Waals surface area contributed by atoms with Crippen molar-refractivity contribution in [3.8, 4) is 0 Å². The molecule has 1 heterocycles. The van der Waals surface area contributed by atoms with E-state index in [2.05, 4.69) is 14.4 Å². The lowest BCUT2D eigenvalue weighted by molar-refractivity contribution is -0.139. The summed E-state index contributed by atoms with van der Waals surface area (Å²) < 4.78 is 29.7. The van der Waals surface area contributed by atoms with Crippen LogP contribution in [0.4, 0.5) is 11.5 Å². The van der Waals surface area contributed by atoms with Crippen LogP contribution in [-0.2, 0) is 19.6 Å². The van der Waals surface area contributed by atoms with E-state index in [1.54, 1.807) is 13.0 Å². The lowest BCUT2D eigenvalue weighted by Crippen LogP contribution is -2.25. The van der Waals surface area contributed by atoms with Gasteiger partial charge in [-0.2, -0.15) is 0 Å². The lowest BCUT2D eigenvalue weighted by atomic mass is 10.4. The average molecular weight is 259 g/mol. The van der Waals surface area contributed by atoms with Gasteiger partial charge in [0.15, 0.2) is 11.6 Å². The molecule has 8 heteroatoms. The number of nitrogen functional groups attached to an aromatic ring is 1. The Bertz CT molecular complexity index is 501. The number of aromatic nitrogens is 1. The second kappa shape index (κ2) is 5.48. The minimum absolute atomic E-state index is 0.00296. The van der Waals surface area contributed by atoms with Gasteiger partial charge in [0.2, 0.25) is 10.0 Å². The molecule has 0 saturated heterocycles. The van der Waals surface area contributed by atoms with Crippen molar-refractivity contribution in [1.82, 2.24) is 4.98 Å². The van der Waals surface area contributed by atoms with E-state index in [1.165, 1.54) is 12.3 Å². The van der Waals surface area contributed by atoms with Crippen LogP contribution in [0.15, 0.2) is 18.3 Å². The van der Waals surface area contributed by atoms with Gasteiger partial charge in [0.05, 0.1) is 12.3 Å². The minimum Gasteiger partial charge on any atom is -0.465 e. The van der Waals surface area contributed by atoms with Crippen LogP contribution >= 0.6 is 0 Å². The zero-order valence-electron chi connectivity index (χ0n) is 9.21. The normalized spacial score (nSPS) is 10.9. The zero-order valence-corrected chi connectivity index (χ0v) is 10.0. The van der Waals surface area contributed by atoms with Gasteiger partial charge in [0.1, 0.15) is 0 Å². The number of carbonyl (C=O) groups is 1. The number of anilines is 2. The fourth-order valence-corrected chi connectivity index (χ4v) is 1.98. The van der Waals surface area contributed by atoms with Gasteiger partial charge in [0, 0.05) is 6.20 Å². The Morgan fingerprint density at radius 3 is 2.88 bits per heavy atom. The summed E-state index contributed by atoms with van der Waals surface area (Å²) in [5.41, 5.74) is 5.69. The summed E-state index contributed by atoms with van der Waals surface area (Å²) in [5.74, 6) is -1.59. The highest BCUT2D eigenvalue weighted by molar-refractivity contribution is 7.93. The third-order valence-electron chi connectivity index (χ3n) is 1.70. The van der Waals surface area contributed by atoms with Crippen molar-refractivity contribution in [2.24, 2.45) is 0 Å². The summed E-state index contributed by atoms with van der Waals surface area (Å²) in [6.45, 7) is 1.72. The van der Waals surface area contributed by atoms with E-state index in [1.807, 2.05) is 0 Å². The molecule has 0 radical (unpaired) electrons. The number of hydrogen-bond donors (Lipinski definition) is 2. The van der Waals surface area contributed by atoms with E-state index in [0.29, 0.717) is 0 Å². The number of nitrogens with two attached hydrogens (primary N) is 1. The highest BCUT2D eigenvalue weighted by Crippen LogP contribution is 2.14. The first kappa shape index (κ1) is 13.2. The summed E-state index contributed by atoms with van der Waals surface area (Å²) in [7, 11) is -3.85. The highest BCUT2D eigenvalue weighted by Gasteiger charge is 2.18. The number of nitrogens with one attached hydrogen (secondary N) is 1. The molecule has 0 aromatic carbocycles. The minimum atomic E-state index is -3.85. The van der Waals surface area contributed by atoms with Crippen molar-refractivity contribution < 1.29 is 17.9 Å². The fraction of sp³-hybridized carbons (Fsp3) is 0.333. The SMILES string of the molecule is CCOC(=O)CS(=O)(=O)Nc1ncccc1N. The van der Waals surface area contributed by atoms with Gasteiger partial charge in [-0.3, -0.25) is 9.52 Å². The predicted molar refractivity (Wildman–Crippen MR) is 62.7 cm³/mol. The number of rotatable bonds is 5. The van der Waals surface area contributed by atoms with Crippen LogP contribution in [0.2, 0.25) is 0 Å². The Morgan fingerprint density at radius 1 is 1.59 bits per heavy atom. The smallest absolute Gasteiger partial charge is 0.323 e. The Kier molecular flexibility index (Phi) is 4.27. The van der Waals surface area contributed by atoms with Crippen LogP contribution in [0.3, 0.4) is 0 Å². The van der Waals surface area contributed by atoms with Gasteiger partial charge in [-0.25, -0.2) is 13.4 Å². The molecule has 1 rings (SSSR count). The number of carbonyl (C=O) groups excluding carboxylic acids is 1. The molecule has 94 valence electrons. The third-order valence-corrected chi connectivity index (χ3v) is 2.82. The van der Waals surface area contributed by atoms with Crippen LogP contribution in [0.5, 0.6) is 0 Å². The Labute approximate surface area is 99.0 Å². The summed E-state index contributed by atoms with van der Waals surface area (Å²) in [6.07, 6.45) is 1.39. The molecule has 0 atom stereocenters. The maximum Gasteiger partial charge on any atom is 0.323 e. The van der Waals surface area contributed by atoms with E-state index in [0.717, 1.165) is 0 Å². The molecule has 17 heavy (non-hydrogen) atoms. The largest absolute Gasteiger partial charge is 0.465 e. The molecular formula is C9H13N3O4S. The van der Waals surface area contributed by atoms with Crippen LogP contribution in [0, 0.1) is 0 Å². The molecule has 0 aliphatic carbocycles. The Balaban J connectivity index is 2.74. The Morgan fingerprint density at radius 2 is 2.29 bits per heavy atom. The fourth-order valence-electron chi connectivity index (χ4n) is 1.04. The first-order valence-electron chi connectivity index (χ1n) is 4.81. The molecule has 1 aromatic heterocycles. The van der Waals surface area contributed by atoms with E-state index < -0.39 is 21.7 Å². The second-order valence-electron chi connectivity index (χ2n) is 3.11. The highest BCUT2D eigenvalue weighted by atomic mass is 32.2. The van der Waals surface area contributed by atoms with Crippen molar-refractivity contribution in [1.29, 1.82) is 0 Å². The molecule has 0 spiro atoms. The molecule has 0 unspecified atom stereocenters. The summed E-state index contributed by atoms with van der Waals surface area (Å²) in [4.78, 5) is 14.8. The van der Waals surface area contributed by atoms with E-state index >= 15 is 0 Å². The molecule has 0 bridgehead atoms. The third kappa shape index (κ3) is 4.27. The average Bonchev–Trinajstić information content (AvgIpc) is 2.20. The standard InChI is InChI=1S/C9H13N3O4S/c1-2-16-8(13)6-17(14,15)12-9-7(10)4-3-5-11-9/h3-5H,2,6,10H2,1H3,(H,11,12). The maximum absolute atomic E-state index is 11.5. The molecule has 0 amide bonds. The van der Waals surface area contributed by atoms with E-state index in [-0.39, 0.29) is 18.1 Å². The predicted octanol–water partition coefficient (Wildman–Crippen LogP) is -0.0314. The molecule has 0 fully saturated rings. The second-order valence-corrected chi connectivity index (χ2v) is 4.83. The van der Waals surface area contributed by atoms with Crippen LogP contribution in [0.25, 0.3) is 0 Å². The first-order chi connectivity index (χ1) is 7.94. The van der Waals surface area contributed by atoms with Crippen molar-refractivity contribution in [2.75, 3.05) is 22.8 Å².